The van der Waals surface area contributed by atoms with Crippen LogP contribution in [0.1, 0.15) is 27.2 Å². The van der Waals surface area contributed by atoms with Crippen LogP contribution in [0.5, 0.6) is 11.5 Å². The number of benzene rings is 2. The monoisotopic (exact) mass is 338 g/mol. The van der Waals surface area contributed by atoms with Crippen molar-refractivity contribution in [2.24, 2.45) is 0 Å². The van der Waals surface area contributed by atoms with Gasteiger partial charge in [0.15, 0.2) is 0 Å². The van der Waals surface area contributed by atoms with Crippen molar-refractivity contribution < 1.29 is 14.3 Å². The Labute approximate surface area is 147 Å². The van der Waals surface area contributed by atoms with E-state index < -0.39 is 0 Å². The van der Waals surface area contributed by atoms with Gasteiger partial charge in [0.1, 0.15) is 11.5 Å². The number of H-pyrrole nitrogens is 1. The van der Waals surface area contributed by atoms with Crippen LogP contribution >= 0.6 is 0 Å². The lowest BCUT2D eigenvalue weighted by molar-refractivity contribution is 0.0951. The van der Waals surface area contributed by atoms with Gasteiger partial charge in [-0.1, -0.05) is 0 Å². The molecule has 25 heavy (non-hydrogen) atoms. The molecule has 0 aliphatic carbocycles. The predicted octanol–water partition coefficient (Wildman–Crippen LogP) is 3.73. The number of rotatable bonds is 5. The van der Waals surface area contributed by atoms with Crippen molar-refractivity contribution in [1.82, 2.24) is 10.3 Å². The number of hydrogen-bond acceptors (Lipinski definition) is 3. The van der Waals surface area contributed by atoms with E-state index in [1.807, 2.05) is 43.3 Å². The molecule has 0 atom stereocenters. The van der Waals surface area contributed by atoms with Crippen molar-refractivity contribution in [3.63, 3.8) is 0 Å². The third-order valence-electron chi connectivity index (χ3n) is 4.50. The molecule has 2 N–H and O–H groups in total. The molecule has 0 saturated carbocycles. The highest BCUT2D eigenvalue weighted by molar-refractivity contribution is 5.99. The Morgan fingerprint density at radius 2 is 1.88 bits per heavy atom. The molecule has 2 aromatic carbocycles. The van der Waals surface area contributed by atoms with Gasteiger partial charge in [-0.3, -0.25) is 4.79 Å². The molecule has 130 valence electrons. The highest BCUT2D eigenvalue weighted by Gasteiger charge is 2.11. The van der Waals surface area contributed by atoms with Crippen LogP contribution in [0.4, 0.5) is 0 Å². The number of carbonyl (C=O) groups is 1. The second-order valence-corrected chi connectivity index (χ2v) is 6.00. The zero-order valence-corrected chi connectivity index (χ0v) is 14.9. The number of ether oxygens (including phenoxy) is 2. The van der Waals surface area contributed by atoms with Crippen LogP contribution in [0.15, 0.2) is 36.4 Å². The van der Waals surface area contributed by atoms with Crippen molar-refractivity contribution in [3.8, 4) is 11.5 Å². The smallest absolute Gasteiger partial charge is 0.251 e. The summed E-state index contributed by atoms with van der Waals surface area (Å²) in [6.07, 6.45) is 0. The molecule has 1 aromatic heterocycles. The molecule has 0 saturated heterocycles. The van der Waals surface area contributed by atoms with Gasteiger partial charge in [0, 0.05) is 34.3 Å². The Morgan fingerprint density at radius 3 is 2.60 bits per heavy atom. The average molecular weight is 338 g/mol. The van der Waals surface area contributed by atoms with Gasteiger partial charge in [-0.2, -0.15) is 0 Å². The molecule has 3 rings (SSSR count). The Hall–Kier alpha value is -2.95. The lowest BCUT2D eigenvalue weighted by atomic mass is 10.1. The molecule has 3 aromatic rings. The van der Waals surface area contributed by atoms with Crippen molar-refractivity contribution in [1.29, 1.82) is 0 Å². The third kappa shape index (κ3) is 3.31. The normalized spacial score (nSPS) is 10.7. The minimum atomic E-state index is -0.120. The standard InChI is InChI=1S/C20H22N2O3/c1-12-13(2)22-18-7-5-14(10-17(12)18)20(23)21-11-15-9-16(24-3)6-8-19(15)25-4/h5-10,22H,11H2,1-4H3,(H,21,23). The van der Waals surface area contributed by atoms with E-state index in [-0.39, 0.29) is 5.91 Å². The number of methoxy groups -OCH3 is 2. The summed E-state index contributed by atoms with van der Waals surface area (Å²) >= 11 is 0. The van der Waals surface area contributed by atoms with Crippen molar-refractivity contribution in [2.45, 2.75) is 20.4 Å². The molecule has 0 spiro atoms. The van der Waals surface area contributed by atoms with Crippen molar-refractivity contribution in [3.05, 3.63) is 58.8 Å². The third-order valence-corrected chi connectivity index (χ3v) is 4.50. The molecular weight excluding hydrogens is 316 g/mol. The summed E-state index contributed by atoms with van der Waals surface area (Å²) in [4.78, 5) is 15.9. The first kappa shape index (κ1) is 16.9. The van der Waals surface area contributed by atoms with Crippen LogP contribution < -0.4 is 14.8 Å². The van der Waals surface area contributed by atoms with Gasteiger partial charge in [0.05, 0.1) is 14.2 Å². The number of hydrogen-bond donors (Lipinski definition) is 2. The van der Waals surface area contributed by atoms with Crippen LogP contribution in [0, 0.1) is 13.8 Å². The second-order valence-electron chi connectivity index (χ2n) is 6.00. The van der Waals surface area contributed by atoms with E-state index >= 15 is 0 Å². The number of aromatic amines is 1. The maximum absolute atomic E-state index is 12.5. The van der Waals surface area contributed by atoms with Gasteiger partial charge >= 0.3 is 0 Å². The average Bonchev–Trinajstić information content (AvgIpc) is 2.93. The van der Waals surface area contributed by atoms with Crippen LogP contribution in [0.25, 0.3) is 10.9 Å². The Bertz CT molecular complexity index is 928. The van der Waals surface area contributed by atoms with Gasteiger partial charge in [-0.05, 0) is 55.8 Å². The molecule has 1 amide bonds. The first-order chi connectivity index (χ1) is 12.0. The first-order valence-electron chi connectivity index (χ1n) is 8.11. The van der Waals surface area contributed by atoms with Gasteiger partial charge < -0.3 is 19.8 Å². The molecule has 0 unspecified atom stereocenters. The van der Waals surface area contributed by atoms with Crippen LogP contribution in [0.2, 0.25) is 0 Å². The largest absolute Gasteiger partial charge is 0.497 e. The summed E-state index contributed by atoms with van der Waals surface area (Å²) in [5.41, 5.74) is 4.83. The molecule has 5 heteroatoms. The van der Waals surface area contributed by atoms with E-state index in [0.29, 0.717) is 17.9 Å². The zero-order valence-electron chi connectivity index (χ0n) is 14.9. The topological polar surface area (TPSA) is 63.4 Å². The molecule has 0 aliphatic heterocycles. The lowest BCUT2D eigenvalue weighted by Crippen LogP contribution is -2.23. The summed E-state index contributed by atoms with van der Waals surface area (Å²) in [5.74, 6) is 1.32. The van der Waals surface area contributed by atoms with E-state index in [0.717, 1.165) is 27.9 Å². The highest BCUT2D eigenvalue weighted by Crippen LogP contribution is 2.25. The van der Waals surface area contributed by atoms with Gasteiger partial charge in [0.25, 0.3) is 5.91 Å². The molecule has 0 aliphatic rings. The number of amides is 1. The molecule has 5 nitrogen and oxygen atoms in total. The van der Waals surface area contributed by atoms with Crippen LogP contribution in [0.3, 0.4) is 0 Å². The van der Waals surface area contributed by atoms with Crippen molar-refractivity contribution in [2.75, 3.05) is 14.2 Å². The van der Waals surface area contributed by atoms with E-state index in [9.17, 15) is 4.79 Å². The quantitative estimate of drug-likeness (QED) is 0.745. The SMILES string of the molecule is COc1ccc(OC)c(CNC(=O)c2ccc3[nH]c(C)c(C)c3c2)c1. The maximum atomic E-state index is 12.5. The van der Waals surface area contributed by atoms with E-state index in [1.54, 1.807) is 14.2 Å². The Kier molecular flexibility index (Phi) is 4.65. The molecule has 1 heterocycles. The summed E-state index contributed by atoms with van der Waals surface area (Å²) in [6, 6.07) is 11.2. The zero-order chi connectivity index (χ0) is 18.0. The summed E-state index contributed by atoms with van der Waals surface area (Å²) in [6.45, 7) is 4.45. The molecular formula is C20H22N2O3. The fourth-order valence-electron chi connectivity index (χ4n) is 2.90. The molecule has 0 bridgehead atoms. The highest BCUT2D eigenvalue weighted by atomic mass is 16.5. The number of nitrogens with one attached hydrogen (secondary N) is 2. The first-order valence-corrected chi connectivity index (χ1v) is 8.11. The van der Waals surface area contributed by atoms with Gasteiger partial charge in [-0.15, -0.1) is 0 Å². The van der Waals surface area contributed by atoms with Gasteiger partial charge in [0.2, 0.25) is 0 Å². The summed E-state index contributed by atoms with van der Waals surface area (Å²) in [5, 5.41) is 4.02. The number of aromatic nitrogens is 1. The number of aryl methyl sites for hydroxylation is 2. The predicted molar refractivity (Wildman–Crippen MR) is 98.5 cm³/mol. The van der Waals surface area contributed by atoms with Crippen molar-refractivity contribution >= 4 is 16.8 Å². The Morgan fingerprint density at radius 1 is 1.08 bits per heavy atom. The number of carbonyl (C=O) groups excluding carboxylic acids is 1. The fraction of sp³-hybridized carbons (Fsp3) is 0.250. The number of fused-ring (bicyclic) bond motifs is 1. The van der Waals surface area contributed by atoms with E-state index in [1.165, 1.54) is 5.56 Å². The fourth-order valence-corrected chi connectivity index (χ4v) is 2.90. The lowest BCUT2D eigenvalue weighted by Gasteiger charge is -2.11. The summed E-state index contributed by atoms with van der Waals surface area (Å²) in [7, 11) is 3.22. The van der Waals surface area contributed by atoms with E-state index in [2.05, 4.69) is 17.2 Å². The summed E-state index contributed by atoms with van der Waals surface area (Å²) < 4.78 is 10.6. The molecule has 0 radical (unpaired) electrons. The van der Waals surface area contributed by atoms with E-state index in [4.69, 9.17) is 9.47 Å². The van der Waals surface area contributed by atoms with Gasteiger partial charge in [-0.25, -0.2) is 0 Å². The van der Waals surface area contributed by atoms with Crippen LogP contribution in [-0.4, -0.2) is 25.1 Å². The minimum absolute atomic E-state index is 0.120. The van der Waals surface area contributed by atoms with Crippen LogP contribution in [-0.2, 0) is 6.54 Å². The maximum Gasteiger partial charge on any atom is 0.251 e. The molecule has 0 fully saturated rings. The Balaban J connectivity index is 1.80. The minimum Gasteiger partial charge on any atom is -0.497 e. The second kappa shape index (κ2) is 6.89.